The van der Waals surface area contributed by atoms with Crippen molar-refractivity contribution in [2.45, 2.75) is 51.2 Å². The lowest BCUT2D eigenvalue weighted by atomic mass is 9.95. The molecule has 0 N–H and O–H groups in total. The van der Waals surface area contributed by atoms with Gasteiger partial charge in [-0.15, -0.1) is 0 Å². The third-order valence-corrected chi connectivity index (χ3v) is 6.29. The van der Waals surface area contributed by atoms with Gasteiger partial charge in [-0.3, -0.25) is 0 Å². The summed E-state index contributed by atoms with van der Waals surface area (Å²) < 4.78 is 0. The summed E-state index contributed by atoms with van der Waals surface area (Å²) in [5.74, 6) is 0. The molecule has 0 spiro atoms. The summed E-state index contributed by atoms with van der Waals surface area (Å²) in [5, 5.41) is 0. The Morgan fingerprint density at radius 1 is 1.00 bits per heavy atom. The van der Waals surface area contributed by atoms with Crippen LogP contribution in [-0.4, -0.2) is 8.07 Å². The summed E-state index contributed by atoms with van der Waals surface area (Å²) in [5.41, 5.74) is 5.64. The van der Waals surface area contributed by atoms with E-state index in [4.69, 9.17) is 0 Å². The van der Waals surface area contributed by atoms with E-state index in [-0.39, 0.29) is 0 Å². The van der Waals surface area contributed by atoms with Crippen molar-refractivity contribution in [2.24, 2.45) is 0 Å². The molecule has 1 saturated carbocycles. The first-order valence-electron chi connectivity index (χ1n) is 7.57. The summed E-state index contributed by atoms with van der Waals surface area (Å²) in [6.45, 7) is 4.91. The van der Waals surface area contributed by atoms with Gasteiger partial charge in [-0.1, -0.05) is 78.8 Å². The molecule has 0 amide bonds. The fourth-order valence-electron chi connectivity index (χ4n) is 2.80. The van der Waals surface area contributed by atoms with Gasteiger partial charge < -0.3 is 0 Å². The average Bonchev–Trinajstić information content (AvgIpc) is 2.40. The van der Waals surface area contributed by atoms with E-state index in [9.17, 15) is 0 Å². The predicted molar refractivity (Wildman–Crippen MR) is 87.9 cm³/mol. The Balaban J connectivity index is 1.92. The van der Waals surface area contributed by atoms with Gasteiger partial charge in [0.15, 0.2) is 0 Å². The molecular formula is C18H26Si. The van der Waals surface area contributed by atoms with Crippen molar-refractivity contribution in [3.8, 4) is 0 Å². The minimum atomic E-state index is -1.25. The number of hydrogen-bond donors (Lipinski definition) is 0. The van der Waals surface area contributed by atoms with Crippen LogP contribution in [0.2, 0.25) is 13.1 Å². The van der Waals surface area contributed by atoms with Gasteiger partial charge in [0.05, 0.1) is 8.07 Å². The van der Waals surface area contributed by atoms with E-state index in [1.807, 2.05) is 0 Å². The molecule has 0 heterocycles. The first kappa shape index (κ1) is 14.3. The second-order valence-electron chi connectivity index (χ2n) is 6.40. The Hall–Kier alpha value is -1.08. The molecule has 1 aliphatic rings. The zero-order valence-corrected chi connectivity index (χ0v) is 13.4. The van der Waals surface area contributed by atoms with Gasteiger partial charge in [-0.05, 0) is 31.7 Å². The molecule has 1 aromatic carbocycles. The average molecular weight is 270 g/mol. The maximum absolute atomic E-state index is 2.50. The van der Waals surface area contributed by atoms with Gasteiger partial charge in [-0.2, -0.15) is 0 Å². The van der Waals surface area contributed by atoms with Crippen molar-refractivity contribution in [3.63, 3.8) is 0 Å². The normalized spacial score (nSPS) is 16.8. The number of allylic oxidation sites excluding steroid dienone is 3. The van der Waals surface area contributed by atoms with Crippen LogP contribution in [0.4, 0.5) is 0 Å². The van der Waals surface area contributed by atoms with Crippen LogP contribution < -0.4 is 0 Å². The number of hydrogen-bond acceptors (Lipinski definition) is 0. The molecule has 1 fully saturated rings. The Morgan fingerprint density at radius 3 is 2.37 bits per heavy atom. The number of benzene rings is 1. The SMILES string of the molecule is C[Si](C)(/C=C/C=C1CCCCC1)Cc1ccccc1. The minimum absolute atomic E-state index is 1.24. The van der Waals surface area contributed by atoms with Gasteiger partial charge in [0.1, 0.15) is 0 Å². The van der Waals surface area contributed by atoms with Crippen LogP contribution >= 0.6 is 0 Å². The highest BCUT2D eigenvalue weighted by Crippen LogP contribution is 2.23. The largest absolute Gasteiger partial charge is 0.0944 e. The molecule has 0 bridgehead atoms. The van der Waals surface area contributed by atoms with Crippen LogP contribution in [-0.2, 0) is 6.04 Å². The lowest BCUT2D eigenvalue weighted by molar-refractivity contribution is 0.599. The molecular weight excluding hydrogens is 244 g/mol. The van der Waals surface area contributed by atoms with Gasteiger partial charge in [0.25, 0.3) is 0 Å². The van der Waals surface area contributed by atoms with E-state index < -0.39 is 8.07 Å². The lowest BCUT2D eigenvalue weighted by Gasteiger charge is -2.18. The van der Waals surface area contributed by atoms with Crippen molar-refractivity contribution in [3.05, 3.63) is 59.3 Å². The molecule has 0 radical (unpaired) electrons. The standard InChI is InChI=1S/C18H26Si/c1-19(2,16-18-12-7-4-8-13-18)15-9-14-17-10-5-3-6-11-17/h4,7-9,12-15H,3,5-6,10-11,16H2,1-2H3/b15-9+. The van der Waals surface area contributed by atoms with Gasteiger partial charge in [-0.25, -0.2) is 0 Å². The molecule has 102 valence electrons. The van der Waals surface area contributed by atoms with Crippen LogP contribution in [0.15, 0.2) is 53.8 Å². The Kier molecular flexibility index (Phi) is 5.21. The monoisotopic (exact) mass is 270 g/mol. The zero-order valence-electron chi connectivity index (χ0n) is 12.4. The van der Waals surface area contributed by atoms with Gasteiger partial charge in [0.2, 0.25) is 0 Å². The summed E-state index contributed by atoms with van der Waals surface area (Å²) in [6.07, 6.45) is 11.6. The first-order valence-corrected chi connectivity index (χ1v) is 10.9. The van der Waals surface area contributed by atoms with E-state index in [1.54, 1.807) is 5.57 Å². The van der Waals surface area contributed by atoms with E-state index in [2.05, 4.69) is 61.3 Å². The fourth-order valence-corrected chi connectivity index (χ4v) is 4.82. The number of rotatable bonds is 4. The van der Waals surface area contributed by atoms with Crippen molar-refractivity contribution in [1.29, 1.82) is 0 Å². The quantitative estimate of drug-likeness (QED) is 0.637. The zero-order chi connectivity index (χ0) is 13.6. The maximum atomic E-state index is 2.50. The second kappa shape index (κ2) is 6.90. The topological polar surface area (TPSA) is 0 Å². The molecule has 19 heavy (non-hydrogen) atoms. The van der Waals surface area contributed by atoms with Crippen LogP contribution in [0, 0.1) is 0 Å². The highest BCUT2D eigenvalue weighted by atomic mass is 28.3. The molecule has 1 aliphatic carbocycles. The van der Waals surface area contributed by atoms with Crippen molar-refractivity contribution in [2.75, 3.05) is 0 Å². The van der Waals surface area contributed by atoms with Gasteiger partial charge in [0, 0.05) is 0 Å². The minimum Gasteiger partial charge on any atom is -0.0944 e. The van der Waals surface area contributed by atoms with Crippen LogP contribution in [0.3, 0.4) is 0 Å². The van der Waals surface area contributed by atoms with Crippen molar-refractivity contribution in [1.82, 2.24) is 0 Å². The third-order valence-electron chi connectivity index (χ3n) is 3.88. The summed E-state index contributed by atoms with van der Waals surface area (Å²) in [7, 11) is -1.25. The molecule has 0 unspecified atom stereocenters. The van der Waals surface area contributed by atoms with Crippen molar-refractivity contribution >= 4 is 8.07 Å². The molecule has 2 rings (SSSR count). The molecule has 0 aromatic heterocycles. The Morgan fingerprint density at radius 2 is 1.68 bits per heavy atom. The molecule has 1 aromatic rings. The summed E-state index contributed by atoms with van der Waals surface area (Å²) >= 11 is 0. The Bertz CT molecular complexity index is 432. The summed E-state index contributed by atoms with van der Waals surface area (Å²) in [6, 6.07) is 12.1. The lowest BCUT2D eigenvalue weighted by Crippen LogP contribution is -2.26. The van der Waals surface area contributed by atoms with E-state index in [0.717, 1.165) is 0 Å². The molecule has 0 nitrogen and oxygen atoms in total. The van der Waals surface area contributed by atoms with Crippen molar-refractivity contribution < 1.29 is 0 Å². The molecule has 1 heteroatoms. The van der Waals surface area contributed by atoms with E-state index in [0.29, 0.717) is 0 Å². The van der Waals surface area contributed by atoms with E-state index >= 15 is 0 Å². The highest BCUT2D eigenvalue weighted by Gasteiger charge is 2.16. The smallest absolute Gasteiger partial charge is 0.0760 e. The third kappa shape index (κ3) is 5.20. The van der Waals surface area contributed by atoms with Crippen LogP contribution in [0.25, 0.3) is 0 Å². The predicted octanol–water partition coefficient (Wildman–Crippen LogP) is 5.46. The fraction of sp³-hybridized carbons (Fsp3) is 0.444. The highest BCUT2D eigenvalue weighted by molar-refractivity contribution is 6.81. The molecule has 0 saturated heterocycles. The van der Waals surface area contributed by atoms with Crippen LogP contribution in [0.5, 0.6) is 0 Å². The Labute approximate surface area is 119 Å². The summed E-state index contributed by atoms with van der Waals surface area (Å²) in [4.78, 5) is 0. The molecule has 0 aliphatic heterocycles. The molecule has 0 atom stereocenters. The second-order valence-corrected chi connectivity index (χ2v) is 11.1. The first-order chi connectivity index (χ1) is 9.16. The van der Waals surface area contributed by atoms with Crippen LogP contribution in [0.1, 0.15) is 37.7 Å². The van der Waals surface area contributed by atoms with E-state index in [1.165, 1.54) is 43.7 Å². The van der Waals surface area contributed by atoms with Gasteiger partial charge >= 0.3 is 0 Å². The maximum Gasteiger partial charge on any atom is 0.0760 e.